The van der Waals surface area contributed by atoms with E-state index in [0.717, 1.165) is 44.3 Å². The third-order valence-corrected chi connectivity index (χ3v) is 4.01. The predicted molar refractivity (Wildman–Crippen MR) is 78.6 cm³/mol. The molecule has 0 amide bonds. The standard InChI is InChI=1S/C15H25N3O2/c1-3-9-16-11-12-10-13(19)18-14(17-12)15(20-2)7-5-4-6-8-15/h10,16H,3-9,11H2,1-2H3,(H,17,18,19). The van der Waals surface area contributed by atoms with Gasteiger partial charge in [-0.25, -0.2) is 4.98 Å². The summed E-state index contributed by atoms with van der Waals surface area (Å²) in [7, 11) is 1.72. The van der Waals surface area contributed by atoms with Gasteiger partial charge in [-0.3, -0.25) is 4.79 Å². The molecule has 0 saturated heterocycles. The minimum atomic E-state index is -0.405. The van der Waals surface area contributed by atoms with Gasteiger partial charge in [0.1, 0.15) is 11.4 Å². The van der Waals surface area contributed by atoms with Crippen LogP contribution in [0.5, 0.6) is 0 Å². The number of hydrogen-bond acceptors (Lipinski definition) is 4. The quantitative estimate of drug-likeness (QED) is 0.782. The van der Waals surface area contributed by atoms with Crippen LogP contribution in [0.1, 0.15) is 57.0 Å². The van der Waals surface area contributed by atoms with Crippen LogP contribution in [-0.4, -0.2) is 23.6 Å². The fraction of sp³-hybridized carbons (Fsp3) is 0.733. The summed E-state index contributed by atoms with van der Waals surface area (Å²) in [5.41, 5.74) is 0.294. The zero-order chi connectivity index (χ0) is 14.4. The lowest BCUT2D eigenvalue weighted by molar-refractivity contribution is -0.0518. The first kappa shape index (κ1) is 15.2. The Morgan fingerprint density at radius 1 is 1.40 bits per heavy atom. The Labute approximate surface area is 120 Å². The number of H-pyrrole nitrogens is 1. The van der Waals surface area contributed by atoms with Crippen LogP contribution in [-0.2, 0) is 16.9 Å². The van der Waals surface area contributed by atoms with Gasteiger partial charge in [0.2, 0.25) is 0 Å². The smallest absolute Gasteiger partial charge is 0.251 e. The largest absolute Gasteiger partial charge is 0.370 e. The van der Waals surface area contributed by atoms with Crippen molar-refractivity contribution in [2.24, 2.45) is 0 Å². The summed E-state index contributed by atoms with van der Waals surface area (Å²) in [6.45, 7) is 3.68. The average molecular weight is 279 g/mol. The molecule has 0 spiro atoms. The Bertz CT molecular complexity index is 478. The molecule has 1 heterocycles. The third-order valence-electron chi connectivity index (χ3n) is 4.01. The molecule has 0 aromatic carbocycles. The normalized spacial score (nSPS) is 18.1. The Morgan fingerprint density at radius 2 is 2.15 bits per heavy atom. The van der Waals surface area contributed by atoms with E-state index < -0.39 is 5.60 Å². The summed E-state index contributed by atoms with van der Waals surface area (Å²) in [5.74, 6) is 0.695. The molecule has 1 aliphatic carbocycles. The molecule has 1 aliphatic rings. The van der Waals surface area contributed by atoms with Crippen LogP contribution < -0.4 is 10.9 Å². The Hall–Kier alpha value is -1.20. The average Bonchev–Trinajstić information content (AvgIpc) is 2.48. The zero-order valence-corrected chi connectivity index (χ0v) is 12.5. The second-order valence-electron chi connectivity index (χ2n) is 5.52. The van der Waals surface area contributed by atoms with E-state index >= 15 is 0 Å². The lowest BCUT2D eigenvalue weighted by atomic mass is 9.84. The van der Waals surface area contributed by atoms with Crippen molar-refractivity contribution in [2.75, 3.05) is 13.7 Å². The van der Waals surface area contributed by atoms with E-state index in [4.69, 9.17) is 4.74 Å². The van der Waals surface area contributed by atoms with Gasteiger partial charge < -0.3 is 15.0 Å². The van der Waals surface area contributed by atoms with Crippen LogP contribution >= 0.6 is 0 Å². The Morgan fingerprint density at radius 3 is 2.80 bits per heavy atom. The van der Waals surface area contributed by atoms with E-state index in [9.17, 15) is 4.79 Å². The van der Waals surface area contributed by atoms with Gasteiger partial charge in [-0.05, 0) is 25.8 Å². The fourth-order valence-electron chi connectivity index (χ4n) is 2.87. The van der Waals surface area contributed by atoms with Gasteiger partial charge in [-0.15, -0.1) is 0 Å². The van der Waals surface area contributed by atoms with Gasteiger partial charge in [0.05, 0.1) is 5.69 Å². The minimum Gasteiger partial charge on any atom is -0.370 e. The summed E-state index contributed by atoms with van der Waals surface area (Å²) >= 11 is 0. The predicted octanol–water partition coefficient (Wildman–Crippen LogP) is 2.08. The first-order valence-electron chi connectivity index (χ1n) is 7.57. The lowest BCUT2D eigenvalue weighted by Gasteiger charge is -2.34. The van der Waals surface area contributed by atoms with Gasteiger partial charge in [0.15, 0.2) is 0 Å². The van der Waals surface area contributed by atoms with Gasteiger partial charge in [-0.2, -0.15) is 0 Å². The van der Waals surface area contributed by atoms with Gasteiger partial charge >= 0.3 is 0 Å². The highest BCUT2D eigenvalue weighted by Gasteiger charge is 2.36. The Kier molecular flexibility index (Phi) is 5.31. The zero-order valence-electron chi connectivity index (χ0n) is 12.5. The Balaban J connectivity index is 2.23. The van der Waals surface area contributed by atoms with Crippen molar-refractivity contribution in [1.82, 2.24) is 15.3 Å². The molecule has 112 valence electrons. The summed E-state index contributed by atoms with van der Waals surface area (Å²) in [4.78, 5) is 19.4. The molecular formula is C15H25N3O2. The molecule has 1 aromatic rings. The lowest BCUT2D eigenvalue weighted by Crippen LogP contribution is -2.35. The SMILES string of the molecule is CCCNCc1cc(=O)[nH]c(C2(OC)CCCCC2)n1. The summed E-state index contributed by atoms with van der Waals surface area (Å²) < 4.78 is 5.75. The van der Waals surface area contributed by atoms with Crippen molar-refractivity contribution in [2.45, 2.75) is 57.6 Å². The van der Waals surface area contributed by atoms with Crippen molar-refractivity contribution in [1.29, 1.82) is 0 Å². The van der Waals surface area contributed by atoms with Crippen LogP contribution in [0.3, 0.4) is 0 Å². The molecule has 2 N–H and O–H groups in total. The van der Waals surface area contributed by atoms with E-state index in [-0.39, 0.29) is 5.56 Å². The molecule has 20 heavy (non-hydrogen) atoms. The maximum absolute atomic E-state index is 11.9. The number of nitrogens with one attached hydrogen (secondary N) is 2. The number of methoxy groups -OCH3 is 1. The van der Waals surface area contributed by atoms with E-state index in [2.05, 4.69) is 22.2 Å². The first-order chi connectivity index (χ1) is 9.70. The topological polar surface area (TPSA) is 67.0 Å². The summed E-state index contributed by atoms with van der Waals surface area (Å²) in [6, 6.07) is 1.57. The number of nitrogens with zero attached hydrogens (tertiary/aromatic N) is 1. The number of ether oxygens (including phenoxy) is 1. The molecule has 0 atom stereocenters. The van der Waals surface area contributed by atoms with Crippen LogP contribution in [0.15, 0.2) is 10.9 Å². The molecule has 0 bridgehead atoms. The highest BCUT2D eigenvalue weighted by molar-refractivity contribution is 5.10. The molecular weight excluding hydrogens is 254 g/mol. The maximum atomic E-state index is 11.9. The van der Waals surface area contributed by atoms with Crippen LogP contribution in [0.4, 0.5) is 0 Å². The molecule has 5 nitrogen and oxygen atoms in total. The molecule has 1 saturated carbocycles. The van der Waals surface area contributed by atoms with Crippen molar-refractivity contribution in [3.63, 3.8) is 0 Å². The molecule has 0 aliphatic heterocycles. The number of aromatic nitrogens is 2. The van der Waals surface area contributed by atoms with Crippen LogP contribution in [0, 0.1) is 0 Å². The molecule has 5 heteroatoms. The second-order valence-corrected chi connectivity index (χ2v) is 5.52. The van der Waals surface area contributed by atoms with Crippen molar-refractivity contribution < 1.29 is 4.74 Å². The molecule has 0 unspecified atom stereocenters. The van der Waals surface area contributed by atoms with E-state index in [1.807, 2.05) is 0 Å². The highest BCUT2D eigenvalue weighted by Crippen LogP contribution is 2.37. The first-order valence-corrected chi connectivity index (χ1v) is 7.57. The third kappa shape index (κ3) is 3.46. The van der Waals surface area contributed by atoms with E-state index in [1.54, 1.807) is 13.2 Å². The number of rotatable bonds is 6. The van der Waals surface area contributed by atoms with Crippen molar-refractivity contribution in [3.05, 3.63) is 27.9 Å². The van der Waals surface area contributed by atoms with Crippen molar-refractivity contribution >= 4 is 0 Å². The van der Waals surface area contributed by atoms with Gasteiger partial charge in [-0.1, -0.05) is 26.2 Å². The molecule has 1 fully saturated rings. The van der Waals surface area contributed by atoms with Crippen LogP contribution in [0.2, 0.25) is 0 Å². The number of hydrogen-bond donors (Lipinski definition) is 2. The summed E-state index contributed by atoms with van der Waals surface area (Å²) in [6.07, 6.45) is 6.40. The van der Waals surface area contributed by atoms with Crippen molar-refractivity contribution in [3.8, 4) is 0 Å². The van der Waals surface area contributed by atoms with Gasteiger partial charge in [0, 0.05) is 19.7 Å². The van der Waals surface area contributed by atoms with Gasteiger partial charge in [0.25, 0.3) is 5.56 Å². The second kappa shape index (κ2) is 6.99. The molecule has 0 radical (unpaired) electrons. The number of aromatic amines is 1. The van der Waals surface area contributed by atoms with Crippen LogP contribution in [0.25, 0.3) is 0 Å². The summed E-state index contributed by atoms with van der Waals surface area (Å²) in [5, 5.41) is 3.28. The highest BCUT2D eigenvalue weighted by atomic mass is 16.5. The monoisotopic (exact) mass is 279 g/mol. The molecule has 1 aromatic heterocycles. The molecule has 2 rings (SSSR count). The van der Waals surface area contributed by atoms with E-state index in [1.165, 1.54) is 6.42 Å². The van der Waals surface area contributed by atoms with E-state index in [0.29, 0.717) is 12.4 Å². The fourth-order valence-corrected chi connectivity index (χ4v) is 2.87. The minimum absolute atomic E-state index is 0.0923. The maximum Gasteiger partial charge on any atom is 0.251 e.